The van der Waals surface area contributed by atoms with Crippen LogP contribution in [-0.2, 0) is 13.2 Å². The minimum Gasteiger partial charge on any atom is -0.489 e. The van der Waals surface area contributed by atoms with Gasteiger partial charge in [0.2, 0.25) is 0 Å². The molecule has 0 saturated heterocycles. The molecule has 0 aliphatic rings. The zero-order valence-corrected chi connectivity index (χ0v) is 13.5. The minimum absolute atomic E-state index is 0.464. The summed E-state index contributed by atoms with van der Waals surface area (Å²) in [4.78, 5) is 0. The number of para-hydroxylation sites is 1. The Balaban J connectivity index is 2.04. The molecule has 0 fully saturated rings. The van der Waals surface area contributed by atoms with Gasteiger partial charge in [-0.15, -0.1) is 0 Å². The van der Waals surface area contributed by atoms with E-state index in [-0.39, 0.29) is 0 Å². The van der Waals surface area contributed by atoms with Crippen molar-refractivity contribution in [2.45, 2.75) is 33.0 Å². The van der Waals surface area contributed by atoms with Crippen molar-refractivity contribution in [3.8, 4) is 5.75 Å². The van der Waals surface area contributed by atoms with Crippen molar-refractivity contribution < 1.29 is 4.74 Å². The molecule has 2 rings (SSSR count). The topological polar surface area (TPSA) is 21.3 Å². The molecule has 0 saturated carbocycles. The summed E-state index contributed by atoms with van der Waals surface area (Å²) in [7, 11) is 0. The molecule has 0 unspecified atom stereocenters. The molecule has 0 amide bonds. The second kappa shape index (κ2) is 7.46. The van der Waals surface area contributed by atoms with Gasteiger partial charge >= 0.3 is 0 Å². The summed E-state index contributed by atoms with van der Waals surface area (Å²) in [5.41, 5.74) is 2.34. The van der Waals surface area contributed by atoms with Gasteiger partial charge in [-0.1, -0.05) is 66.2 Å². The first kappa shape index (κ1) is 15.1. The van der Waals surface area contributed by atoms with Crippen molar-refractivity contribution in [2.75, 3.05) is 0 Å². The fourth-order valence-corrected chi connectivity index (χ4v) is 2.27. The normalized spacial score (nSPS) is 10.8. The Morgan fingerprint density at radius 3 is 2.35 bits per heavy atom. The van der Waals surface area contributed by atoms with E-state index in [4.69, 9.17) is 4.74 Å². The number of hydrogen-bond donors (Lipinski definition) is 1. The van der Waals surface area contributed by atoms with E-state index in [1.807, 2.05) is 36.4 Å². The van der Waals surface area contributed by atoms with Crippen LogP contribution in [0.15, 0.2) is 53.0 Å². The highest BCUT2D eigenvalue weighted by atomic mass is 79.9. The van der Waals surface area contributed by atoms with Crippen LogP contribution in [0.3, 0.4) is 0 Å². The molecule has 3 heteroatoms. The fourth-order valence-electron chi connectivity index (χ4n) is 1.88. The molecule has 0 atom stereocenters. The zero-order valence-electron chi connectivity index (χ0n) is 11.9. The lowest BCUT2D eigenvalue weighted by Crippen LogP contribution is -2.22. The molecule has 0 radical (unpaired) electrons. The summed E-state index contributed by atoms with van der Waals surface area (Å²) in [5, 5.41) is 3.42. The minimum atomic E-state index is 0.464. The lowest BCUT2D eigenvalue weighted by Gasteiger charge is -2.14. The molecule has 106 valence electrons. The van der Waals surface area contributed by atoms with E-state index in [0.717, 1.165) is 22.3 Å². The van der Waals surface area contributed by atoms with Gasteiger partial charge in [0, 0.05) is 28.2 Å². The molecular weight excluding hydrogens is 314 g/mol. The van der Waals surface area contributed by atoms with E-state index in [9.17, 15) is 0 Å². The van der Waals surface area contributed by atoms with Crippen molar-refractivity contribution in [2.24, 2.45) is 0 Å². The van der Waals surface area contributed by atoms with E-state index in [1.165, 1.54) is 5.56 Å². The van der Waals surface area contributed by atoms with E-state index in [0.29, 0.717) is 12.6 Å². The van der Waals surface area contributed by atoms with Crippen LogP contribution in [0.25, 0.3) is 0 Å². The van der Waals surface area contributed by atoms with Crippen LogP contribution in [0.2, 0.25) is 0 Å². The highest BCUT2D eigenvalue weighted by Gasteiger charge is 2.05. The summed E-state index contributed by atoms with van der Waals surface area (Å²) in [5.74, 6) is 0.941. The molecular formula is C17H20BrNO. The van der Waals surface area contributed by atoms with Gasteiger partial charge in [-0.2, -0.15) is 0 Å². The van der Waals surface area contributed by atoms with E-state index >= 15 is 0 Å². The van der Waals surface area contributed by atoms with Gasteiger partial charge < -0.3 is 10.1 Å². The Morgan fingerprint density at radius 1 is 1.00 bits per heavy atom. The maximum atomic E-state index is 5.97. The van der Waals surface area contributed by atoms with Crippen molar-refractivity contribution in [1.82, 2.24) is 5.32 Å². The number of hydrogen-bond acceptors (Lipinski definition) is 2. The van der Waals surface area contributed by atoms with Crippen LogP contribution in [0.4, 0.5) is 0 Å². The third-order valence-electron chi connectivity index (χ3n) is 3.01. The first-order chi connectivity index (χ1) is 9.66. The summed E-state index contributed by atoms with van der Waals surface area (Å²) in [6.45, 7) is 5.68. The highest BCUT2D eigenvalue weighted by molar-refractivity contribution is 9.10. The largest absolute Gasteiger partial charge is 0.489 e. The molecule has 2 nitrogen and oxygen atoms in total. The Hall–Kier alpha value is -1.32. The van der Waals surface area contributed by atoms with Crippen LogP contribution in [-0.4, -0.2) is 6.04 Å². The molecule has 0 aliphatic carbocycles. The number of ether oxygens (including phenoxy) is 1. The average Bonchev–Trinajstić information content (AvgIpc) is 2.45. The molecule has 1 N–H and O–H groups in total. The van der Waals surface area contributed by atoms with Crippen molar-refractivity contribution in [3.63, 3.8) is 0 Å². The molecule has 0 bridgehead atoms. The Labute approximate surface area is 129 Å². The van der Waals surface area contributed by atoms with E-state index in [2.05, 4.69) is 47.2 Å². The summed E-state index contributed by atoms with van der Waals surface area (Å²) < 4.78 is 7.05. The Bertz CT molecular complexity index is 554. The average molecular weight is 334 g/mol. The highest BCUT2D eigenvalue weighted by Crippen LogP contribution is 2.22. The molecule has 0 aliphatic heterocycles. The smallest absolute Gasteiger partial charge is 0.124 e. The van der Waals surface area contributed by atoms with Gasteiger partial charge in [-0.05, 0) is 12.1 Å². The van der Waals surface area contributed by atoms with Crippen LogP contribution < -0.4 is 10.1 Å². The monoisotopic (exact) mass is 333 g/mol. The van der Waals surface area contributed by atoms with Crippen LogP contribution in [0.5, 0.6) is 5.75 Å². The van der Waals surface area contributed by atoms with Gasteiger partial charge in [0.05, 0.1) is 0 Å². The second-order valence-corrected chi connectivity index (χ2v) is 5.88. The Morgan fingerprint density at radius 2 is 1.65 bits per heavy atom. The molecule has 2 aromatic rings. The summed E-state index contributed by atoms with van der Waals surface area (Å²) in [6.07, 6.45) is 0. The Kier molecular flexibility index (Phi) is 5.62. The third kappa shape index (κ3) is 4.36. The lowest BCUT2D eigenvalue weighted by atomic mass is 10.2. The number of benzene rings is 2. The molecule has 0 aromatic heterocycles. The van der Waals surface area contributed by atoms with Crippen LogP contribution >= 0.6 is 15.9 Å². The standard InChI is InChI=1S/C17H20BrNO/c1-13(2)19-11-14-7-4-6-10-17(14)20-12-15-8-3-5-9-16(15)18/h3-10,13,19H,11-12H2,1-2H3. The first-order valence-electron chi connectivity index (χ1n) is 6.84. The van der Waals surface area contributed by atoms with E-state index < -0.39 is 0 Å². The maximum absolute atomic E-state index is 5.97. The number of nitrogens with one attached hydrogen (secondary N) is 1. The fraction of sp³-hybridized carbons (Fsp3) is 0.294. The summed E-state index contributed by atoms with van der Waals surface area (Å²) >= 11 is 3.55. The lowest BCUT2D eigenvalue weighted by molar-refractivity contribution is 0.301. The SMILES string of the molecule is CC(C)NCc1ccccc1OCc1ccccc1Br. The quantitative estimate of drug-likeness (QED) is 0.838. The number of halogens is 1. The second-order valence-electron chi connectivity index (χ2n) is 5.02. The predicted octanol–water partition coefficient (Wildman–Crippen LogP) is 4.53. The third-order valence-corrected chi connectivity index (χ3v) is 3.79. The number of rotatable bonds is 6. The van der Waals surface area contributed by atoms with Gasteiger partial charge in [0.25, 0.3) is 0 Å². The first-order valence-corrected chi connectivity index (χ1v) is 7.63. The van der Waals surface area contributed by atoms with E-state index in [1.54, 1.807) is 0 Å². The molecule has 2 aromatic carbocycles. The van der Waals surface area contributed by atoms with Crippen molar-refractivity contribution >= 4 is 15.9 Å². The van der Waals surface area contributed by atoms with Gasteiger partial charge in [-0.25, -0.2) is 0 Å². The van der Waals surface area contributed by atoms with Gasteiger partial charge in [-0.3, -0.25) is 0 Å². The maximum Gasteiger partial charge on any atom is 0.124 e. The van der Waals surface area contributed by atoms with Gasteiger partial charge in [0.1, 0.15) is 12.4 Å². The van der Waals surface area contributed by atoms with Crippen molar-refractivity contribution in [3.05, 3.63) is 64.1 Å². The van der Waals surface area contributed by atoms with Crippen LogP contribution in [0.1, 0.15) is 25.0 Å². The zero-order chi connectivity index (χ0) is 14.4. The predicted molar refractivity (Wildman–Crippen MR) is 86.9 cm³/mol. The molecule has 0 heterocycles. The molecule has 20 heavy (non-hydrogen) atoms. The molecule has 0 spiro atoms. The summed E-state index contributed by atoms with van der Waals surface area (Å²) in [6, 6.07) is 16.8. The van der Waals surface area contributed by atoms with Crippen LogP contribution in [0, 0.1) is 0 Å². The van der Waals surface area contributed by atoms with Gasteiger partial charge in [0.15, 0.2) is 0 Å². The van der Waals surface area contributed by atoms with Crippen molar-refractivity contribution in [1.29, 1.82) is 0 Å².